The van der Waals surface area contributed by atoms with Crippen molar-refractivity contribution in [2.24, 2.45) is 0 Å². The molecule has 0 fully saturated rings. The van der Waals surface area contributed by atoms with Crippen molar-refractivity contribution in [2.45, 2.75) is 13.1 Å². The molecule has 11 nitrogen and oxygen atoms in total. The highest BCUT2D eigenvalue weighted by atomic mass is 16.5. The van der Waals surface area contributed by atoms with Gasteiger partial charge in [-0.3, -0.25) is 4.79 Å². The van der Waals surface area contributed by atoms with E-state index < -0.39 is 0 Å². The minimum Gasteiger partial charge on any atom is -0.497 e. The van der Waals surface area contributed by atoms with Crippen molar-refractivity contribution < 1.29 is 19.0 Å². The van der Waals surface area contributed by atoms with E-state index in [0.717, 1.165) is 16.9 Å². The normalized spacial score (nSPS) is 10.6. The van der Waals surface area contributed by atoms with Gasteiger partial charge in [-0.15, -0.1) is 0 Å². The minimum atomic E-state index is -0.114. The van der Waals surface area contributed by atoms with Crippen molar-refractivity contribution in [3.63, 3.8) is 0 Å². The summed E-state index contributed by atoms with van der Waals surface area (Å²) < 4.78 is 16.4. The number of nitrogens with zero attached hydrogens (tertiary/aromatic N) is 3. The monoisotopic (exact) mass is 571 g/mol. The number of carbonyl (C=O) groups is 1. The van der Waals surface area contributed by atoms with Crippen LogP contribution in [0.5, 0.6) is 5.75 Å². The molecule has 1 aromatic heterocycles. The lowest BCUT2D eigenvalue weighted by Gasteiger charge is -2.12. The number of aromatic nitrogens is 3. The molecule has 220 valence electrons. The average Bonchev–Trinajstić information content (AvgIpc) is 3.04. The standard InChI is InChI=1S/C31H37N7O4/c1-40-27-14-12-25(13-15-27)23-35-31-37-29(36-30(38-31)34-22-24-8-4-2-5-9-24)33-17-19-42-21-20-41-18-16-32-28(39)26-10-6-3-7-11-26/h2-15H,16-23H2,1H3,(H,32,39)(H3,33,34,35,36,37,38). The van der Waals surface area contributed by atoms with E-state index in [1.165, 1.54) is 0 Å². The number of hydrogen-bond acceptors (Lipinski definition) is 10. The Balaban J connectivity index is 1.18. The number of benzene rings is 3. The molecule has 0 unspecified atom stereocenters. The lowest BCUT2D eigenvalue weighted by molar-refractivity contribution is 0.0519. The van der Waals surface area contributed by atoms with E-state index in [-0.39, 0.29) is 5.91 Å². The van der Waals surface area contributed by atoms with Crippen molar-refractivity contribution in [3.8, 4) is 5.75 Å². The minimum absolute atomic E-state index is 0.114. The van der Waals surface area contributed by atoms with E-state index in [0.29, 0.717) is 76.0 Å². The SMILES string of the molecule is COc1ccc(CNc2nc(NCCOCCOCCNC(=O)c3ccccc3)nc(NCc3ccccc3)n2)cc1. The van der Waals surface area contributed by atoms with Gasteiger partial charge in [0.15, 0.2) is 0 Å². The molecule has 11 heteroatoms. The molecule has 4 rings (SSSR count). The van der Waals surface area contributed by atoms with Gasteiger partial charge < -0.3 is 35.5 Å². The Morgan fingerprint density at radius 3 is 1.74 bits per heavy atom. The summed E-state index contributed by atoms with van der Waals surface area (Å²) in [4.78, 5) is 25.6. The maximum atomic E-state index is 12.0. The number of amides is 1. The lowest BCUT2D eigenvalue weighted by atomic mass is 10.2. The number of ether oxygens (including phenoxy) is 3. The Labute approximate surface area is 246 Å². The Morgan fingerprint density at radius 1 is 0.619 bits per heavy atom. The van der Waals surface area contributed by atoms with Crippen molar-refractivity contribution >= 4 is 23.8 Å². The molecule has 4 N–H and O–H groups in total. The fourth-order valence-corrected chi connectivity index (χ4v) is 3.80. The van der Waals surface area contributed by atoms with Crippen LogP contribution in [0.3, 0.4) is 0 Å². The fraction of sp³-hybridized carbons (Fsp3) is 0.290. The number of methoxy groups -OCH3 is 1. The van der Waals surface area contributed by atoms with Crippen LogP contribution in [0.2, 0.25) is 0 Å². The van der Waals surface area contributed by atoms with Crippen LogP contribution in [0.25, 0.3) is 0 Å². The highest BCUT2D eigenvalue weighted by molar-refractivity contribution is 5.94. The second-order valence-corrected chi connectivity index (χ2v) is 9.12. The van der Waals surface area contributed by atoms with Crippen molar-refractivity contribution in [1.82, 2.24) is 20.3 Å². The highest BCUT2D eigenvalue weighted by Crippen LogP contribution is 2.14. The Bertz CT molecular complexity index is 1340. The van der Waals surface area contributed by atoms with E-state index in [2.05, 4.69) is 36.2 Å². The third-order valence-electron chi connectivity index (χ3n) is 6.01. The summed E-state index contributed by atoms with van der Waals surface area (Å²) in [5.74, 6) is 2.04. The zero-order valence-electron chi connectivity index (χ0n) is 23.7. The molecule has 3 aromatic carbocycles. The van der Waals surface area contributed by atoms with Gasteiger partial charge in [-0.2, -0.15) is 15.0 Å². The molecule has 0 spiro atoms. The van der Waals surface area contributed by atoms with Gasteiger partial charge in [-0.05, 0) is 35.4 Å². The maximum absolute atomic E-state index is 12.0. The highest BCUT2D eigenvalue weighted by Gasteiger charge is 2.08. The van der Waals surface area contributed by atoms with Crippen LogP contribution < -0.4 is 26.0 Å². The van der Waals surface area contributed by atoms with Gasteiger partial charge in [0.05, 0.1) is 33.5 Å². The van der Waals surface area contributed by atoms with Gasteiger partial charge in [0.1, 0.15) is 5.75 Å². The zero-order chi connectivity index (χ0) is 29.2. The molecule has 0 atom stereocenters. The molecule has 0 aliphatic carbocycles. The van der Waals surface area contributed by atoms with Crippen molar-refractivity contribution in [3.05, 3.63) is 102 Å². The van der Waals surface area contributed by atoms with Crippen LogP contribution in [0.4, 0.5) is 17.8 Å². The van der Waals surface area contributed by atoms with Gasteiger partial charge in [-0.1, -0.05) is 60.7 Å². The first-order valence-corrected chi connectivity index (χ1v) is 13.8. The molecule has 42 heavy (non-hydrogen) atoms. The smallest absolute Gasteiger partial charge is 0.251 e. The summed E-state index contributed by atoms with van der Waals surface area (Å²) in [5, 5.41) is 12.6. The predicted octanol–water partition coefficient (Wildman–Crippen LogP) is 3.98. The second kappa shape index (κ2) is 17.2. The van der Waals surface area contributed by atoms with Crippen LogP contribution in [0, 0.1) is 0 Å². The molecule has 1 amide bonds. The van der Waals surface area contributed by atoms with Gasteiger partial charge in [0, 0.05) is 31.7 Å². The molecule has 4 aromatic rings. The summed E-state index contributed by atoms with van der Waals surface area (Å²) >= 11 is 0. The number of rotatable bonds is 18. The maximum Gasteiger partial charge on any atom is 0.251 e. The average molecular weight is 572 g/mol. The van der Waals surface area contributed by atoms with Gasteiger partial charge in [0.25, 0.3) is 5.91 Å². The first kappa shape index (κ1) is 30.2. The van der Waals surface area contributed by atoms with E-state index in [4.69, 9.17) is 14.2 Å². The van der Waals surface area contributed by atoms with Crippen LogP contribution in [0.1, 0.15) is 21.5 Å². The number of anilines is 3. The predicted molar refractivity (Wildman–Crippen MR) is 163 cm³/mol. The van der Waals surface area contributed by atoms with Crippen LogP contribution in [-0.2, 0) is 22.6 Å². The van der Waals surface area contributed by atoms with Gasteiger partial charge in [-0.25, -0.2) is 0 Å². The van der Waals surface area contributed by atoms with E-state index in [1.54, 1.807) is 19.2 Å². The Hall–Kier alpha value is -4.74. The third kappa shape index (κ3) is 10.7. The summed E-state index contributed by atoms with van der Waals surface area (Å²) in [6, 6.07) is 27.0. The number of carbonyl (C=O) groups excluding carboxylic acids is 1. The molecule has 0 radical (unpaired) electrons. The third-order valence-corrected chi connectivity index (χ3v) is 6.01. The van der Waals surface area contributed by atoms with E-state index in [9.17, 15) is 4.79 Å². The molecule has 1 heterocycles. The molecular weight excluding hydrogens is 534 g/mol. The van der Waals surface area contributed by atoms with Crippen LogP contribution in [-0.4, -0.2) is 67.5 Å². The number of nitrogens with one attached hydrogen (secondary N) is 4. The quantitative estimate of drug-likeness (QED) is 0.130. The Kier molecular flexibility index (Phi) is 12.3. The van der Waals surface area contributed by atoms with Crippen LogP contribution >= 0.6 is 0 Å². The van der Waals surface area contributed by atoms with Crippen molar-refractivity contribution in [1.29, 1.82) is 0 Å². The van der Waals surface area contributed by atoms with E-state index in [1.807, 2.05) is 72.8 Å². The fourth-order valence-electron chi connectivity index (χ4n) is 3.80. The van der Waals surface area contributed by atoms with Crippen molar-refractivity contribution in [2.75, 3.05) is 62.6 Å². The largest absolute Gasteiger partial charge is 0.497 e. The Morgan fingerprint density at radius 2 is 1.14 bits per heavy atom. The molecule has 0 saturated heterocycles. The summed E-state index contributed by atoms with van der Waals surface area (Å²) in [6.07, 6.45) is 0. The summed E-state index contributed by atoms with van der Waals surface area (Å²) in [5.41, 5.74) is 2.82. The second-order valence-electron chi connectivity index (χ2n) is 9.12. The lowest BCUT2D eigenvalue weighted by Crippen LogP contribution is -2.27. The van der Waals surface area contributed by atoms with E-state index >= 15 is 0 Å². The van der Waals surface area contributed by atoms with Gasteiger partial charge in [0.2, 0.25) is 17.8 Å². The molecule has 0 aliphatic rings. The molecule has 0 saturated carbocycles. The summed E-state index contributed by atoms with van der Waals surface area (Å²) in [7, 11) is 1.65. The van der Waals surface area contributed by atoms with Gasteiger partial charge >= 0.3 is 0 Å². The summed E-state index contributed by atoms with van der Waals surface area (Å²) in [6.45, 7) is 3.80. The topological polar surface area (TPSA) is 132 Å². The van der Waals surface area contributed by atoms with Crippen LogP contribution in [0.15, 0.2) is 84.9 Å². The first-order chi connectivity index (χ1) is 20.7. The molecule has 0 bridgehead atoms. The molecular formula is C31H37N7O4. The molecule has 0 aliphatic heterocycles. The zero-order valence-corrected chi connectivity index (χ0v) is 23.7. The first-order valence-electron chi connectivity index (χ1n) is 13.8. The number of hydrogen-bond donors (Lipinski definition) is 4.